The van der Waals surface area contributed by atoms with Gasteiger partial charge in [-0.2, -0.15) is 0 Å². The maximum atomic E-state index is 4.60. The van der Waals surface area contributed by atoms with E-state index in [0.29, 0.717) is 0 Å². The van der Waals surface area contributed by atoms with E-state index in [1.54, 1.807) is 0 Å². The number of rotatable bonds is 7. The first-order valence-corrected chi connectivity index (χ1v) is 8.22. The van der Waals surface area contributed by atoms with Crippen LogP contribution in [0.2, 0.25) is 0 Å². The van der Waals surface area contributed by atoms with Crippen molar-refractivity contribution >= 4 is 17.3 Å². The number of nitrogens with zero attached hydrogens (tertiary/aromatic N) is 2. The van der Waals surface area contributed by atoms with Crippen LogP contribution in [0.15, 0.2) is 23.7 Å². The highest BCUT2D eigenvalue weighted by Crippen LogP contribution is 2.30. The third kappa shape index (κ3) is 3.63. The van der Waals surface area contributed by atoms with E-state index in [1.807, 2.05) is 11.3 Å². The molecule has 2 heterocycles. The Morgan fingerprint density at radius 2 is 2.20 bits per heavy atom. The molecule has 4 heteroatoms. The molecule has 0 bridgehead atoms. The van der Waals surface area contributed by atoms with Crippen molar-refractivity contribution in [2.75, 3.05) is 11.9 Å². The van der Waals surface area contributed by atoms with Gasteiger partial charge in [0.15, 0.2) is 0 Å². The molecule has 2 aromatic heterocycles. The standard InChI is InChI=1S/C16H25N3S/c1-5-6-9-17-15-18-13(2)11-19(15)12-16(3,4)14-8-7-10-20-14/h7-8,10-11H,5-6,9,12H2,1-4H3,(H,17,18). The van der Waals surface area contributed by atoms with Crippen molar-refractivity contribution in [2.45, 2.75) is 52.5 Å². The molecule has 0 amide bonds. The summed E-state index contributed by atoms with van der Waals surface area (Å²) in [6.45, 7) is 10.8. The number of anilines is 1. The molecular formula is C16H25N3S. The lowest BCUT2D eigenvalue weighted by atomic mass is 9.91. The first-order chi connectivity index (χ1) is 9.53. The van der Waals surface area contributed by atoms with E-state index in [-0.39, 0.29) is 5.41 Å². The van der Waals surface area contributed by atoms with Crippen LogP contribution in [0.5, 0.6) is 0 Å². The van der Waals surface area contributed by atoms with Gasteiger partial charge in [-0.3, -0.25) is 0 Å². The Balaban J connectivity index is 2.12. The lowest BCUT2D eigenvalue weighted by molar-refractivity contribution is 0.445. The highest BCUT2D eigenvalue weighted by molar-refractivity contribution is 7.10. The molecule has 1 N–H and O–H groups in total. The number of aromatic nitrogens is 2. The van der Waals surface area contributed by atoms with E-state index in [2.05, 4.69) is 66.3 Å². The average Bonchev–Trinajstić information content (AvgIpc) is 3.00. The monoisotopic (exact) mass is 291 g/mol. The van der Waals surface area contributed by atoms with Gasteiger partial charge in [0.05, 0.1) is 5.69 Å². The minimum atomic E-state index is 0.127. The fourth-order valence-electron chi connectivity index (χ4n) is 2.35. The summed E-state index contributed by atoms with van der Waals surface area (Å²) in [5.74, 6) is 1.00. The molecule has 0 aliphatic carbocycles. The Bertz CT molecular complexity index is 526. The number of aryl methyl sites for hydroxylation is 1. The second kappa shape index (κ2) is 6.44. The Morgan fingerprint density at radius 3 is 2.85 bits per heavy atom. The number of hydrogen-bond acceptors (Lipinski definition) is 3. The van der Waals surface area contributed by atoms with Crippen molar-refractivity contribution in [3.05, 3.63) is 34.3 Å². The maximum absolute atomic E-state index is 4.60. The number of hydrogen-bond donors (Lipinski definition) is 1. The Morgan fingerprint density at radius 1 is 1.40 bits per heavy atom. The summed E-state index contributed by atoms with van der Waals surface area (Å²) >= 11 is 1.83. The smallest absolute Gasteiger partial charge is 0.203 e. The molecule has 110 valence electrons. The van der Waals surface area contributed by atoms with Gasteiger partial charge in [-0.05, 0) is 24.8 Å². The predicted molar refractivity (Wildman–Crippen MR) is 87.7 cm³/mol. The Kier molecular flexibility index (Phi) is 4.86. The molecule has 0 aromatic carbocycles. The third-order valence-electron chi connectivity index (χ3n) is 3.46. The van der Waals surface area contributed by atoms with Crippen LogP contribution in [0.25, 0.3) is 0 Å². The van der Waals surface area contributed by atoms with Crippen LogP contribution in [0.3, 0.4) is 0 Å². The van der Waals surface area contributed by atoms with Crippen LogP contribution >= 0.6 is 11.3 Å². The highest BCUT2D eigenvalue weighted by atomic mass is 32.1. The molecule has 2 rings (SSSR count). The van der Waals surface area contributed by atoms with Gasteiger partial charge in [-0.25, -0.2) is 4.98 Å². The van der Waals surface area contributed by atoms with Crippen LogP contribution in [0.1, 0.15) is 44.2 Å². The molecule has 2 aromatic rings. The molecule has 3 nitrogen and oxygen atoms in total. The molecule has 0 saturated carbocycles. The average molecular weight is 291 g/mol. The lowest BCUT2D eigenvalue weighted by Gasteiger charge is -2.25. The van der Waals surface area contributed by atoms with Gasteiger partial charge in [-0.15, -0.1) is 11.3 Å². The third-order valence-corrected chi connectivity index (χ3v) is 4.70. The van der Waals surface area contributed by atoms with Gasteiger partial charge in [0, 0.05) is 29.6 Å². The van der Waals surface area contributed by atoms with Crippen molar-refractivity contribution in [2.24, 2.45) is 0 Å². The van der Waals surface area contributed by atoms with Gasteiger partial charge in [0.2, 0.25) is 5.95 Å². The predicted octanol–water partition coefficient (Wildman–Crippen LogP) is 4.44. The molecule has 20 heavy (non-hydrogen) atoms. The zero-order valence-corrected chi connectivity index (χ0v) is 13.8. The van der Waals surface area contributed by atoms with Gasteiger partial charge in [0.1, 0.15) is 0 Å². The zero-order valence-electron chi connectivity index (χ0n) is 12.9. The summed E-state index contributed by atoms with van der Waals surface area (Å²) in [4.78, 5) is 6.02. The fourth-order valence-corrected chi connectivity index (χ4v) is 3.20. The SMILES string of the molecule is CCCCNc1nc(C)cn1CC(C)(C)c1cccs1. The summed E-state index contributed by atoms with van der Waals surface area (Å²) in [6.07, 6.45) is 4.53. The summed E-state index contributed by atoms with van der Waals surface area (Å²) in [6, 6.07) is 4.35. The first-order valence-electron chi connectivity index (χ1n) is 7.34. The molecule has 0 aliphatic rings. The zero-order chi connectivity index (χ0) is 14.6. The molecule has 0 aliphatic heterocycles. The number of imidazole rings is 1. The molecule has 0 radical (unpaired) electrons. The minimum absolute atomic E-state index is 0.127. The van der Waals surface area contributed by atoms with Crippen LogP contribution in [-0.2, 0) is 12.0 Å². The summed E-state index contributed by atoms with van der Waals surface area (Å²) in [7, 11) is 0. The quantitative estimate of drug-likeness (QED) is 0.764. The van der Waals surface area contributed by atoms with E-state index >= 15 is 0 Å². The molecule has 0 atom stereocenters. The molecular weight excluding hydrogens is 266 g/mol. The minimum Gasteiger partial charge on any atom is -0.356 e. The molecule has 0 saturated heterocycles. The van der Waals surface area contributed by atoms with E-state index in [4.69, 9.17) is 0 Å². The Hall–Kier alpha value is -1.29. The summed E-state index contributed by atoms with van der Waals surface area (Å²) in [5, 5.41) is 5.61. The summed E-state index contributed by atoms with van der Waals surface area (Å²) < 4.78 is 2.25. The van der Waals surface area contributed by atoms with Crippen LogP contribution in [0, 0.1) is 6.92 Å². The van der Waals surface area contributed by atoms with Gasteiger partial charge >= 0.3 is 0 Å². The van der Waals surface area contributed by atoms with Gasteiger partial charge in [-0.1, -0.05) is 33.3 Å². The normalized spacial score (nSPS) is 11.8. The topological polar surface area (TPSA) is 29.9 Å². The van der Waals surface area contributed by atoms with Gasteiger partial charge < -0.3 is 9.88 Å². The number of nitrogens with one attached hydrogen (secondary N) is 1. The van der Waals surface area contributed by atoms with E-state index < -0.39 is 0 Å². The molecule has 0 spiro atoms. The van der Waals surface area contributed by atoms with Gasteiger partial charge in [0.25, 0.3) is 0 Å². The largest absolute Gasteiger partial charge is 0.356 e. The van der Waals surface area contributed by atoms with Crippen LogP contribution in [-0.4, -0.2) is 16.1 Å². The van der Waals surface area contributed by atoms with Crippen molar-refractivity contribution in [1.82, 2.24) is 9.55 Å². The first kappa shape index (κ1) is 15.1. The van der Waals surface area contributed by atoms with E-state index in [9.17, 15) is 0 Å². The molecule has 0 unspecified atom stereocenters. The lowest BCUT2D eigenvalue weighted by Crippen LogP contribution is -2.24. The van der Waals surface area contributed by atoms with Crippen molar-refractivity contribution < 1.29 is 0 Å². The second-order valence-electron chi connectivity index (χ2n) is 5.98. The number of thiophene rings is 1. The second-order valence-corrected chi connectivity index (χ2v) is 6.92. The maximum Gasteiger partial charge on any atom is 0.203 e. The fraction of sp³-hybridized carbons (Fsp3) is 0.562. The Labute approximate surface area is 126 Å². The van der Waals surface area contributed by atoms with Crippen molar-refractivity contribution in [3.8, 4) is 0 Å². The molecule has 0 fully saturated rings. The van der Waals surface area contributed by atoms with Crippen molar-refractivity contribution in [1.29, 1.82) is 0 Å². The summed E-state index contributed by atoms with van der Waals surface area (Å²) in [5.41, 5.74) is 1.20. The van der Waals surface area contributed by atoms with Crippen LogP contribution in [0.4, 0.5) is 5.95 Å². The number of unbranched alkanes of at least 4 members (excludes halogenated alkanes) is 1. The highest BCUT2D eigenvalue weighted by Gasteiger charge is 2.23. The van der Waals surface area contributed by atoms with E-state index in [1.165, 1.54) is 17.7 Å². The van der Waals surface area contributed by atoms with Crippen molar-refractivity contribution in [3.63, 3.8) is 0 Å². The van der Waals surface area contributed by atoms with E-state index in [0.717, 1.165) is 24.7 Å². The van der Waals surface area contributed by atoms with Crippen LogP contribution < -0.4 is 5.32 Å².